The van der Waals surface area contributed by atoms with Crippen LogP contribution in [0.15, 0.2) is 18.6 Å². The zero-order chi connectivity index (χ0) is 13.9. The van der Waals surface area contributed by atoms with Gasteiger partial charge in [-0.05, 0) is 30.1 Å². The summed E-state index contributed by atoms with van der Waals surface area (Å²) in [5.74, 6) is 0.466. The maximum atomic E-state index is 10.7. The molecule has 0 amide bonds. The molecule has 2 aromatic rings. The van der Waals surface area contributed by atoms with Crippen molar-refractivity contribution < 1.29 is 4.92 Å². The molecule has 0 bridgehead atoms. The van der Waals surface area contributed by atoms with Gasteiger partial charge < -0.3 is 4.90 Å². The quantitative estimate of drug-likeness (QED) is 0.628. The summed E-state index contributed by atoms with van der Waals surface area (Å²) in [5.41, 5.74) is 0. The number of nitro groups is 1. The molecule has 3 rings (SSSR count). The summed E-state index contributed by atoms with van der Waals surface area (Å²) in [4.78, 5) is 16.6. The number of thiazole rings is 1. The van der Waals surface area contributed by atoms with Crippen molar-refractivity contribution in [1.82, 2.24) is 20.0 Å². The van der Waals surface area contributed by atoms with Gasteiger partial charge in [-0.2, -0.15) is 0 Å². The first-order valence-corrected chi connectivity index (χ1v) is 7.23. The van der Waals surface area contributed by atoms with E-state index in [1.54, 1.807) is 6.20 Å². The molecule has 1 atom stereocenters. The fourth-order valence-electron chi connectivity index (χ4n) is 2.47. The van der Waals surface area contributed by atoms with Crippen LogP contribution in [0.2, 0.25) is 0 Å². The molecule has 9 heteroatoms. The molecule has 1 fully saturated rings. The summed E-state index contributed by atoms with van der Waals surface area (Å²) in [6.45, 7) is 2.58. The first-order valence-electron chi connectivity index (χ1n) is 6.41. The number of anilines is 1. The van der Waals surface area contributed by atoms with Gasteiger partial charge in [0.2, 0.25) is 0 Å². The third-order valence-corrected chi connectivity index (χ3v) is 4.38. The van der Waals surface area contributed by atoms with Crippen molar-refractivity contribution in [3.05, 3.63) is 28.7 Å². The molecule has 106 valence electrons. The van der Waals surface area contributed by atoms with E-state index in [0.29, 0.717) is 5.92 Å². The molecule has 2 aromatic heterocycles. The first kappa shape index (κ1) is 13.0. The number of hydrogen-bond donors (Lipinski definition) is 0. The normalized spacial score (nSPS) is 19.2. The van der Waals surface area contributed by atoms with Gasteiger partial charge in [-0.1, -0.05) is 5.21 Å². The van der Waals surface area contributed by atoms with Gasteiger partial charge >= 0.3 is 5.00 Å². The molecule has 0 aromatic carbocycles. The fraction of sp³-hybridized carbons (Fsp3) is 0.545. The van der Waals surface area contributed by atoms with Crippen LogP contribution in [0.4, 0.5) is 10.1 Å². The molecule has 0 spiro atoms. The number of hydrogen-bond acceptors (Lipinski definition) is 7. The van der Waals surface area contributed by atoms with Crippen LogP contribution in [0, 0.1) is 16.0 Å². The Morgan fingerprint density at radius 3 is 3.15 bits per heavy atom. The molecule has 20 heavy (non-hydrogen) atoms. The Labute approximate surface area is 119 Å². The van der Waals surface area contributed by atoms with Crippen LogP contribution in [-0.2, 0) is 6.54 Å². The van der Waals surface area contributed by atoms with E-state index in [1.807, 2.05) is 10.9 Å². The molecule has 1 saturated heterocycles. The summed E-state index contributed by atoms with van der Waals surface area (Å²) in [6.07, 6.45) is 7.05. The van der Waals surface area contributed by atoms with E-state index in [-0.39, 0.29) is 5.00 Å². The lowest BCUT2D eigenvalue weighted by Crippen LogP contribution is -2.37. The van der Waals surface area contributed by atoms with Crippen LogP contribution in [0.1, 0.15) is 12.8 Å². The first-order chi connectivity index (χ1) is 9.72. The number of aromatic nitrogens is 4. The monoisotopic (exact) mass is 294 g/mol. The number of nitrogens with zero attached hydrogens (tertiary/aromatic N) is 6. The second kappa shape index (κ2) is 5.53. The van der Waals surface area contributed by atoms with Crippen molar-refractivity contribution in [2.24, 2.45) is 5.92 Å². The fourth-order valence-corrected chi connectivity index (χ4v) is 3.24. The SMILES string of the molecule is O=[N+]([O-])c1cnc(N2CCC[C@@H](Cn3ccnn3)C2)s1. The van der Waals surface area contributed by atoms with E-state index in [9.17, 15) is 10.1 Å². The Kier molecular flexibility index (Phi) is 3.59. The maximum Gasteiger partial charge on any atom is 0.345 e. The molecular formula is C11H14N6O2S. The Morgan fingerprint density at radius 2 is 2.45 bits per heavy atom. The van der Waals surface area contributed by atoms with Crippen LogP contribution >= 0.6 is 11.3 Å². The molecule has 1 aliphatic rings. The van der Waals surface area contributed by atoms with E-state index in [4.69, 9.17) is 0 Å². The smallest absolute Gasteiger partial charge is 0.345 e. The van der Waals surface area contributed by atoms with Crippen LogP contribution in [0.25, 0.3) is 0 Å². The standard InChI is InChI=1S/C11H14N6O2S/c18-17(19)10-6-12-11(20-10)15-4-1-2-9(7-15)8-16-5-3-13-14-16/h3,5-6,9H,1-2,4,7-8H2/t9-/m1/s1. The highest BCUT2D eigenvalue weighted by atomic mass is 32.1. The lowest BCUT2D eigenvalue weighted by molar-refractivity contribution is -0.380. The van der Waals surface area contributed by atoms with Crippen molar-refractivity contribution in [3.63, 3.8) is 0 Å². The van der Waals surface area contributed by atoms with E-state index in [1.165, 1.54) is 6.20 Å². The van der Waals surface area contributed by atoms with Crippen molar-refractivity contribution >= 4 is 21.5 Å². The van der Waals surface area contributed by atoms with Crippen molar-refractivity contribution in [3.8, 4) is 0 Å². The van der Waals surface area contributed by atoms with Gasteiger partial charge in [0.15, 0.2) is 5.13 Å². The van der Waals surface area contributed by atoms with Crippen LogP contribution in [0.3, 0.4) is 0 Å². The highest BCUT2D eigenvalue weighted by molar-refractivity contribution is 7.18. The molecular weight excluding hydrogens is 280 g/mol. The zero-order valence-corrected chi connectivity index (χ0v) is 11.6. The van der Waals surface area contributed by atoms with Gasteiger partial charge in [-0.25, -0.2) is 4.98 Å². The minimum atomic E-state index is -0.391. The van der Waals surface area contributed by atoms with Crippen LogP contribution in [-0.4, -0.2) is 38.0 Å². The van der Waals surface area contributed by atoms with Gasteiger partial charge in [-0.3, -0.25) is 14.8 Å². The lowest BCUT2D eigenvalue weighted by atomic mass is 9.98. The molecule has 1 aliphatic heterocycles. The van der Waals surface area contributed by atoms with E-state index >= 15 is 0 Å². The average Bonchev–Trinajstić information content (AvgIpc) is 3.09. The van der Waals surface area contributed by atoms with Gasteiger partial charge in [-0.15, -0.1) is 5.10 Å². The molecule has 0 radical (unpaired) electrons. The predicted molar refractivity (Wildman–Crippen MR) is 73.7 cm³/mol. The molecule has 8 nitrogen and oxygen atoms in total. The van der Waals surface area contributed by atoms with Gasteiger partial charge in [0, 0.05) is 25.8 Å². The molecule has 0 unspecified atom stereocenters. The Morgan fingerprint density at radius 1 is 1.55 bits per heavy atom. The highest BCUT2D eigenvalue weighted by Crippen LogP contribution is 2.31. The van der Waals surface area contributed by atoms with Crippen molar-refractivity contribution in [2.45, 2.75) is 19.4 Å². The highest BCUT2D eigenvalue weighted by Gasteiger charge is 2.24. The van der Waals surface area contributed by atoms with Crippen molar-refractivity contribution in [1.29, 1.82) is 0 Å². The molecule has 3 heterocycles. The number of rotatable bonds is 4. The summed E-state index contributed by atoms with van der Waals surface area (Å²) in [7, 11) is 0. The molecule has 0 N–H and O–H groups in total. The van der Waals surface area contributed by atoms with Crippen LogP contribution in [0.5, 0.6) is 0 Å². The minimum absolute atomic E-state index is 0.0957. The Bertz CT molecular complexity index is 584. The molecule has 0 aliphatic carbocycles. The minimum Gasteiger partial charge on any atom is -0.348 e. The largest absolute Gasteiger partial charge is 0.348 e. The second-order valence-corrected chi connectivity index (χ2v) is 5.81. The topological polar surface area (TPSA) is 90.0 Å². The second-order valence-electron chi connectivity index (χ2n) is 4.82. The third kappa shape index (κ3) is 2.77. The molecule has 0 saturated carbocycles. The van der Waals surface area contributed by atoms with E-state index in [0.717, 1.165) is 48.9 Å². The van der Waals surface area contributed by atoms with Crippen molar-refractivity contribution in [2.75, 3.05) is 18.0 Å². The summed E-state index contributed by atoms with van der Waals surface area (Å²) in [5, 5.41) is 19.3. The third-order valence-electron chi connectivity index (χ3n) is 3.37. The van der Waals surface area contributed by atoms with Gasteiger partial charge in [0.05, 0.1) is 11.1 Å². The Balaban J connectivity index is 1.66. The zero-order valence-electron chi connectivity index (χ0n) is 10.8. The van der Waals surface area contributed by atoms with E-state index < -0.39 is 4.92 Å². The predicted octanol–water partition coefficient (Wildman–Crippen LogP) is 1.56. The average molecular weight is 294 g/mol. The summed E-state index contributed by atoms with van der Waals surface area (Å²) in [6, 6.07) is 0. The Hall–Kier alpha value is -2.03. The van der Waals surface area contributed by atoms with Gasteiger partial charge in [0.25, 0.3) is 0 Å². The maximum absolute atomic E-state index is 10.7. The summed E-state index contributed by atoms with van der Waals surface area (Å²) < 4.78 is 1.83. The van der Waals surface area contributed by atoms with E-state index in [2.05, 4.69) is 20.2 Å². The number of piperidine rings is 1. The lowest BCUT2D eigenvalue weighted by Gasteiger charge is -2.32. The van der Waals surface area contributed by atoms with Crippen LogP contribution < -0.4 is 4.90 Å². The summed E-state index contributed by atoms with van der Waals surface area (Å²) >= 11 is 1.14. The van der Waals surface area contributed by atoms with Gasteiger partial charge in [0.1, 0.15) is 6.20 Å².